The molecule has 0 bridgehead atoms. The third kappa shape index (κ3) is 2.95. The summed E-state index contributed by atoms with van der Waals surface area (Å²) >= 11 is 0. The Morgan fingerprint density at radius 3 is 2.71 bits per heavy atom. The quantitative estimate of drug-likeness (QED) is 0.428. The second-order valence-corrected chi connectivity index (χ2v) is 9.14. The number of nitrogen functional groups attached to an aromatic ring is 1. The van der Waals surface area contributed by atoms with E-state index in [9.17, 15) is 4.39 Å². The van der Waals surface area contributed by atoms with Crippen molar-refractivity contribution in [2.45, 2.75) is 37.8 Å². The summed E-state index contributed by atoms with van der Waals surface area (Å²) in [4.78, 5) is 14.1. The fourth-order valence-corrected chi connectivity index (χ4v) is 4.86. The number of hydrogen-bond acceptors (Lipinski definition) is 5. The van der Waals surface area contributed by atoms with Crippen LogP contribution in [0.3, 0.4) is 0 Å². The van der Waals surface area contributed by atoms with Crippen LogP contribution in [0.1, 0.15) is 36.1 Å². The second kappa shape index (κ2) is 6.96. The van der Waals surface area contributed by atoms with Gasteiger partial charge in [-0.05, 0) is 85.7 Å². The van der Waals surface area contributed by atoms with E-state index in [1.54, 1.807) is 23.1 Å². The molecule has 0 saturated heterocycles. The zero-order valence-electron chi connectivity index (χ0n) is 18.4. The molecule has 4 heterocycles. The lowest BCUT2D eigenvalue weighted by molar-refractivity contribution is 0.308. The zero-order valence-corrected chi connectivity index (χ0v) is 18.4. The van der Waals surface area contributed by atoms with Crippen LogP contribution in [0.15, 0.2) is 60.9 Å². The summed E-state index contributed by atoms with van der Waals surface area (Å²) in [6.45, 7) is 0. The molecular formula is C26H22FN7. The second-order valence-electron chi connectivity index (χ2n) is 9.14. The van der Waals surface area contributed by atoms with Gasteiger partial charge in [0.25, 0.3) is 0 Å². The number of nitrogens with two attached hydrogens (primary N) is 1. The molecule has 168 valence electrons. The minimum atomic E-state index is -1.29. The number of benzene rings is 1. The SMILES string of the molecule is Nc1ncccc1-c1nc2ccc(-n3ccc(C4(F)CC4)n3)nc2n1-c1ccc2c(c1)CCC2. The van der Waals surface area contributed by atoms with Crippen molar-refractivity contribution in [3.05, 3.63) is 77.7 Å². The van der Waals surface area contributed by atoms with E-state index in [0.717, 1.165) is 29.6 Å². The molecule has 0 radical (unpaired) electrons. The van der Waals surface area contributed by atoms with Crippen LogP contribution in [0.25, 0.3) is 34.1 Å². The van der Waals surface area contributed by atoms with Crippen LogP contribution in [-0.4, -0.2) is 29.3 Å². The van der Waals surface area contributed by atoms with Crippen molar-refractivity contribution < 1.29 is 4.39 Å². The number of rotatable bonds is 4. The number of halogens is 1. The van der Waals surface area contributed by atoms with Gasteiger partial charge in [-0.2, -0.15) is 5.10 Å². The van der Waals surface area contributed by atoms with E-state index in [2.05, 4.69) is 28.3 Å². The van der Waals surface area contributed by atoms with Crippen molar-refractivity contribution in [3.8, 4) is 22.9 Å². The topological polar surface area (TPSA) is 87.4 Å². The maximum absolute atomic E-state index is 14.5. The number of aryl methyl sites for hydroxylation is 2. The van der Waals surface area contributed by atoms with Crippen molar-refractivity contribution >= 4 is 17.0 Å². The van der Waals surface area contributed by atoms with Crippen molar-refractivity contribution in [2.75, 3.05) is 5.73 Å². The third-order valence-electron chi connectivity index (χ3n) is 6.88. The summed E-state index contributed by atoms with van der Waals surface area (Å²) < 4.78 is 18.2. The number of aromatic nitrogens is 6. The van der Waals surface area contributed by atoms with Gasteiger partial charge in [-0.15, -0.1) is 0 Å². The van der Waals surface area contributed by atoms with Gasteiger partial charge >= 0.3 is 0 Å². The maximum Gasteiger partial charge on any atom is 0.167 e. The normalized spacial score (nSPS) is 16.1. The molecule has 8 heteroatoms. The highest BCUT2D eigenvalue weighted by Gasteiger charge is 2.47. The molecule has 7 nitrogen and oxygen atoms in total. The van der Waals surface area contributed by atoms with Gasteiger partial charge in [0.1, 0.15) is 17.0 Å². The summed E-state index contributed by atoms with van der Waals surface area (Å²) in [5, 5.41) is 4.47. The van der Waals surface area contributed by atoms with E-state index in [1.807, 2.05) is 28.8 Å². The average molecular weight is 452 g/mol. The Labute approximate surface area is 195 Å². The standard InChI is InChI=1S/C26H22FN7/c27-26(11-12-26)21-10-14-33(32-21)22-9-8-20-25(31-22)34(18-7-6-16-3-1-4-17(16)15-18)24(30-20)19-5-2-13-29-23(19)28/h2,5-10,13-15H,1,3-4,11-12H2,(H2,28,29). The Bertz CT molecular complexity index is 1580. The average Bonchev–Trinajstić information content (AvgIpc) is 3.26. The molecular weight excluding hydrogens is 429 g/mol. The van der Waals surface area contributed by atoms with Crippen LogP contribution in [0, 0.1) is 0 Å². The molecule has 1 saturated carbocycles. The molecule has 1 aromatic carbocycles. The minimum absolute atomic E-state index is 0.412. The van der Waals surface area contributed by atoms with Gasteiger partial charge in [-0.3, -0.25) is 4.57 Å². The molecule has 0 aliphatic heterocycles. The number of fused-ring (bicyclic) bond motifs is 2. The Hall–Kier alpha value is -4.07. The first-order valence-corrected chi connectivity index (χ1v) is 11.6. The van der Waals surface area contributed by atoms with Crippen LogP contribution in [0.2, 0.25) is 0 Å². The van der Waals surface area contributed by atoms with Gasteiger partial charge in [0.2, 0.25) is 0 Å². The number of alkyl halides is 1. The maximum atomic E-state index is 14.5. The molecule has 2 aliphatic carbocycles. The third-order valence-corrected chi connectivity index (χ3v) is 6.88. The van der Waals surface area contributed by atoms with Crippen LogP contribution in [0.4, 0.5) is 10.2 Å². The van der Waals surface area contributed by atoms with Crippen molar-refractivity contribution in [1.29, 1.82) is 0 Å². The summed E-state index contributed by atoms with van der Waals surface area (Å²) in [7, 11) is 0. The van der Waals surface area contributed by atoms with E-state index >= 15 is 0 Å². The highest BCUT2D eigenvalue weighted by atomic mass is 19.1. The summed E-state index contributed by atoms with van der Waals surface area (Å²) in [6.07, 6.45) is 7.84. The molecule has 7 rings (SSSR count). The number of pyridine rings is 2. The van der Waals surface area contributed by atoms with E-state index in [0.29, 0.717) is 41.6 Å². The molecule has 5 aromatic rings. The molecule has 34 heavy (non-hydrogen) atoms. The first-order chi connectivity index (χ1) is 16.6. The fraction of sp³-hybridized carbons (Fsp3) is 0.231. The Balaban J connectivity index is 1.45. The smallest absolute Gasteiger partial charge is 0.167 e. The number of anilines is 1. The molecule has 1 fully saturated rings. The van der Waals surface area contributed by atoms with Gasteiger partial charge in [-0.1, -0.05) is 6.07 Å². The first-order valence-electron chi connectivity index (χ1n) is 11.6. The van der Waals surface area contributed by atoms with Gasteiger partial charge in [0.05, 0.1) is 5.56 Å². The lowest BCUT2D eigenvalue weighted by atomic mass is 10.1. The predicted octanol–water partition coefficient (Wildman–Crippen LogP) is 4.70. The van der Waals surface area contributed by atoms with Gasteiger partial charge in [0, 0.05) is 18.1 Å². The number of imidazole rings is 1. The molecule has 4 aromatic heterocycles. The van der Waals surface area contributed by atoms with E-state index in [-0.39, 0.29) is 0 Å². The van der Waals surface area contributed by atoms with Gasteiger partial charge in [0.15, 0.2) is 23.0 Å². The van der Waals surface area contributed by atoms with Crippen LogP contribution in [-0.2, 0) is 18.5 Å². The summed E-state index contributed by atoms with van der Waals surface area (Å²) in [5.41, 5.74) is 11.3. The molecule has 0 atom stereocenters. The summed E-state index contributed by atoms with van der Waals surface area (Å²) in [5.74, 6) is 1.70. The summed E-state index contributed by atoms with van der Waals surface area (Å²) in [6, 6.07) is 15.8. The van der Waals surface area contributed by atoms with Crippen LogP contribution in [0.5, 0.6) is 0 Å². The highest BCUT2D eigenvalue weighted by molar-refractivity contribution is 5.83. The first kappa shape index (κ1) is 19.4. The molecule has 0 amide bonds. The van der Waals surface area contributed by atoms with E-state index < -0.39 is 5.67 Å². The number of hydrogen-bond donors (Lipinski definition) is 1. The monoisotopic (exact) mass is 451 g/mol. The Morgan fingerprint density at radius 2 is 1.85 bits per heavy atom. The molecule has 0 spiro atoms. The Kier molecular flexibility index (Phi) is 3.97. The molecule has 2 aliphatic rings. The van der Waals surface area contributed by atoms with Crippen LogP contribution < -0.4 is 5.73 Å². The highest BCUT2D eigenvalue weighted by Crippen LogP contribution is 2.48. The molecule has 2 N–H and O–H groups in total. The van der Waals surface area contributed by atoms with Gasteiger partial charge < -0.3 is 5.73 Å². The lowest BCUT2D eigenvalue weighted by Crippen LogP contribution is -2.05. The van der Waals surface area contributed by atoms with Crippen molar-refractivity contribution in [1.82, 2.24) is 29.3 Å². The van der Waals surface area contributed by atoms with Crippen molar-refractivity contribution in [2.24, 2.45) is 0 Å². The number of nitrogens with zero attached hydrogens (tertiary/aromatic N) is 6. The molecule has 0 unspecified atom stereocenters. The predicted molar refractivity (Wildman–Crippen MR) is 128 cm³/mol. The van der Waals surface area contributed by atoms with Gasteiger partial charge in [-0.25, -0.2) is 24.0 Å². The van der Waals surface area contributed by atoms with Crippen LogP contribution >= 0.6 is 0 Å². The Morgan fingerprint density at radius 1 is 0.971 bits per heavy atom. The van der Waals surface area contributed by atoms with E-state index in [1.165, 1.54) is 17.5 Å². The lowest BCUT2D eigenvalue weighted by Gasteiger charge is -2.12. The zero-order chi connectivity index (χ0) is 22.9. The largest absolute Gasteiger partial charge is 0.383 e. The van der Waals surface area contributed by atoms with E-state index in [4.69, 9.17) is 15.7 Å². The minimum Gasteiger partial charge on any atom is -0.383 e. The van der Waals surface area contributed by atoms with Crippen molar-refractivity contribution in [3.63, 3.8) is 0 Å². The fourth-order valence-electron chi connectivity index (χ4n) is 4.86.